The highest BCUT2D eigenvalue weighted by molar-refractivity contribution is 8.13. The highest BCUT2D eigenvalue weighted by Crippen LogP contribution is 2.19. The Morgan fingerprint density at radius 3 is 2.73 bits per heavy atom. The Morgan fingerprint density at radius 1 is 1.18 bits per heavy atom. The summed E-state index contributed by atoms with van der Waals surface area (Å²) in [6.45, 7) is 4.70. The number of furan rings is 1. The number of amidine groups is 1. The predicted octanol–water partition coefficient (Wildman–Crippen LogP) is 4.13. The Hall–Kier alpha value is -1.68. The van der Waals surface area contributed by atoms with E-state index < -0.39 is 0 Å². The smallest absolute Gasteiger partial charge is 0.159 e. The zero-order valence-corrected chi connectivity index (χ0v) is 13.8. The van der Waals surface area contributed by atoms with Gasteiger partial charge in [0.2, 0.25) is 0 Å². The van der Waals surface area contributed by atoms with Crippen molar-refractivity contribution in [3.8, 4) is 0 Å². The fourth-order valence-electron chi connectivity index (χ4n) is 2.55. The summed E-state index contributed by atoms with van der Waals surface area (Å²) in [5, 5.41) is 1.16. The van der Waals surface area contributed by atoms with Gasteiger partial charge in [0.1, 0.15) is 11.5 Å². The van der Waals surface area contributed by atoms with Gasteiger partial charge in [-0.2, -0.15) is 0 Å². The van der Waals surface area contributed by atoms with Gasteiger partial charge < -0.3 is 9.32 Å². The molecule has 0 N–H and O–H groups in total. The number of hydrogen-bond donors (Lipinski definition) is 0. The summed E-state index contributed by atoms with van der Waals surface area (Å²) >= 11 is 1.87. The van der Waals surface area contributed by atoms with E-state index >= 15 is 0 Å². The van der Waals surface area contributed by atoms with Crippen molar-refractivity contribution >= 4 is 16.9 Å². The van der Waals surface area contributed by atoms with E-state index in [1.165, 1.54) is 12.0 Å². The monoisotopic (exact) mass is 314 g/mol. The zero-order chi connectivity index (χ0) is 15.2. The van der Waals surface area contributed by atoms with Crippen LogP contribution >= 0.6 is 11.8 Å². The van der Waals surface area contributed by atoms with Crippen LogP contribution in [0.1, 0.15) is 23.5 Å². The third kappa shape index (κ3) is 4.17. The number of benzene rings is 1. The van der Waals surface area contributed by atoms with Crippen LogP contribution < -0.4 is 0 Å². The van der Waals surface area contributed by atoms with Crippen molar-refractivity contribution in [3.63, 3.8) is 0 Å². The topological polar surface area (TPSA) is 28.7 Å². The van der Waals surface area contributed by atoms with Crippen LogP contribution in [0.4, 0.5) is 0 Å². The molecule has 0 aliphatic carbocycles. The summed E-state index contributed by atoms with van der Waals surface area (Å²) in [5.41, 5.74) is 1.37. The average Bonchev–Trinajstić information content (AvgIpc) is 2.98. The van der Waals surface area contributed by atoms with E-state index in [0.29, 0.717) is 0 Å². The molecule has 0 saturated heterocycles. The summed E-state index contributed by atoms with van der Waals surface area (Å²) in [6.07, 6.45) is 2.21. The van der Waals surface area contributed by atoms with E-state index in [4.69, 9.17) is 9.41 Å². The molecular weight excluding hydrogens is 292 g/mol. The van der Waals surface area contributed by atoms with Gasteiger partial charge in [0.05, 0.1) is 6.54 Å². The van der Waals surface area contributed by atoms with Crippen molar-refractivity contribution in [1.29, 1.82) is 0 Å². The second kappa shape index (κ2) is 7.54. The zero-order valence-electron chi connectivity index (χ0n) is 13.0. The van der Waals surface area contributed by atoms with Crippen LogP contribution in [0.2, 0.25) is 0 Å². The van der Waals surface area contributed by atoms with Crippen LogP contribution in [0.5, 0.6) is 0 Å². The van der Waals surface area contributed by atoms with Gasteiger partial charge in [-0.3, -0.25) is 4.99 Å². The lowest BCUT2D eigenvalue weighted by molar-refractivity contribution is 0.362. The van der Waals surface area contributed by atoms with Crippen molar-refractivity contribution in [2.45, 2.75) is 26.3 Å². The van der Waals surface area contributed by atoms with Gasteiger partial charge in [-0.25, -0.2) is 0 Å². The molecule has 0 unspecified atom stereocenters. The number of nitrogens with zero attached hydrogens (tertiary/aromatic N) is 2. The van der Waals surface area contributed by atoms with Crippen LogP contribution in [-0.4, -0.2) is 28.9 Å². The second-order valence-corrected chi connectivity index (χ2v) is 6.60. The van der Waals surface area contributed by atoms with Crippen LogP contribution in [0.25, 0.3) is 0 Å². The van der Waals surface area contributed by atoms with E-state index in [-0.39, 0.29) is 0 Å². The van der Waals surface area contributed by atoms with Crippen molar-refractivity contribution < 1.29 is 4.42 Å². The van der Waals surface area contributed by atoms with Gasteiger partial charge in [-0.1, -0.05) is 42.1 Å². The van der Waals surface area contributed by atoms with Crippen LogP contribution in [0, 0.1) is 6.92 Å². The van der Waals surface area contributed by atoms with Gasteiger partial charge in [-0.05, 0) is 37.5 Å². The molecule has 1 aliphatic rings. The maximum atomic E-state index is 5.75. The standard InChI is InChI=1S/C18H22N2OS/c1-15-8-9-17(21-15)14-20(18-19-11-5-13-22-18)12-10-16-6-3-2-4-7-16/h2-4,6-9H,5,10-14H2,1H3. The first kappa shape index (κ1) is 15.2. The molecule has 0 radical (unpaired) electrons. The number of thioether (sulfide) groups is 1. The fourth-order valence-corrected chi connectivity index (χ4v) is 3.53. The first-order valence-electron chi connectivity index (χ1n) is 7.83. The minimum absolute atomic E-state index is 0.798. The molecule has 3 rings (SSSR count). The molecule has 0 amide bonds. The van der Waals surface area contributed by atoms with Crippen LogP contribution in [0.3, 0.4) is 0 Å². The molecular formula is C18H22N2OS. The maximum absolute atomic E-state index is 5.75. The van der Waals surface area contributed by atoms with Gasteiger partial charge in [-0.15, -0.1) is 0 Å². The first-order valence-corrected chi connectivity index (χ1v) is 8.81. The minimum atomic E-state index is 0.798. The third-order valence-electron chi connectivity index (χ3n) is 3.71. The number of rotatable bonds is 5. The molecule has 1 aromatic carbocycles. The highest BCUT2D eigenvalue weighted by Gasteiger charge is 2.16. The lowest BCUT2D eigenvalue weighted by Crippen LogP contribution is -2.32. The van der Waals surface area contributed by atoms with Crippen molar-refractivity contribution in [2.24, 2.45) is 4.99 Å². The van der Waals surface area contributed by atoms with Crippen molar-refractivity contribution in [2.75, 3.05) is 18.8 Å². The lowest BCUT2D eigenvalue weighted by Gasteiger charge is -2.26. The molecule has 1 aromatic heterocycles. The maximum Gasteiger partial charge on any atom is 0.159 e. The van der Waals surface area contributed by atoms with E-state index in [1.807, 2.05) is 24.8 Å². The Balaban J connectivity index is 1.69. The molecule has 0 fully saturated rings. The van der Waals surface area contributed by atoms with Gasteiger partial charge in [0.15, 0.2) is 5.17 Å². The van der Waals surface area contributed by atoms with Gasteiger partial charge in [0, 0.05) is 18.8 Å². The molecule has 2 heterocycles. The Bertz CT molecular complexity index is 621. The molecule has 1 aliphatic heterocycles. The number of aliphatic imine (C=N–C) groups is 1. The van der Waals surface area contributed by atoms with E-state index in [0.717, 1.165) is 48.5 Å². The molecule has 0 spiro atoms. The van der Waals surface area contributed by atoms with Gasteiger partial charge >= 0.3 is 0 Å². The summed E-state index contributed by atoms with van der Waals surface area (Å²) in [7, 11) is 0. The summed E-state index contributed by atoms with van der Waals surface area (Å²) in [6, 6.07) is 14.7. The molecule has 3 nitrogen and oxygen atoms in total. The molecule has 0 bridgehead atoms. The highest BCUT2D eigenvalue weighted by atomic mass is 32.2. The summed E-state index contributed by atoms with van der Waals surface area (Å²) < 4.78 is 5.75. The van der Waals surface area contributed by atoms with Crippen molar-refractivity contribution in [3.05, 3.63) is 59.5 Å². The first-order chi connectivity index (χ1) is 10.8. The Kier molecular flexibility index (Phi) is 5.22. The molecule has 0 atom stereocenters. The molecule has 116 valence electrons. The van der Waals surface area contributed by atoms with E-state index in [1.54, 1.807) is 0 Å². The SMILES string of the molecule is Cc1ccc(CN(CCc2ccccc2)C2=NCCCS2)o1. The third-order valence-corrected chi connectivity index (χ3v) is 4.85. The molecule has 2 aromatic rings. The number of aryl methyl sites for hydroxylation is 1. The molecule has 22 heavy (non-hydrogen) atoms. The quantitative estimate of drug-likeness (QED) is 0.831. The van der Waals surface area contributed by atoms with Crippen molar-refractivity contribution in [1.82, 2.24) is 4.90 Å². The van der Waals surface area contributed by atoms with E-state index in [2.05, 4.69) is 41.3 Å². The Labute approximate surface area is 136 Å². The minimum Gasteiger partial charge on any atom is -0.464 e. The normalized spacial score (nSPS) is 14.7. The summed E-state index contributed by atoms with van der Waals surface area (Å²) in [5.74, 6) is 3.15. The lowest BCUT2D eigenvalue weighted by atomic mass is 10.1. The van der Waals surface area contributed by atoms with Gasteiger partial charge in [0.25, 0.3) is 0 Å². The van der Waals surface area contributed by atoms with E-state index in [9.17, 15) is 0 Å². The Morgan fingerprint density at radius 2 is 2.05 bits per heavy atom. The predicted molar refractivity (Wildman–Crippen MR) is 93.4 cm³/mol. The largest absolute Gasteiger partial charge is 0.464 e. The fraction of sp³-hybridized carbons (Fsp3) is 0.389. The van der Waals surface area contributed by atoms with Crippen LogP contribution in [0.15, 0.2) is 51.9 Å². The van der Waals surface area contributed by atoms with Crippen LogP contribution in [-0.2, 0) is 13.0 Å². The average molecular weight is 314 g/mol. The summed E-state index contributed by atoms with van der Waals surface area (Å²) in [4.78, 5) is 7.07. The second-order valence-electron chi connectivity index (χ2n) is 5.54. The molecule has 0 saturated carbocycles. The molecule has 4 heteroatoms. The number of hydrogen-bond acceptors (Lipinski definition) is 4.